The van der Waals surface area contributed by atoms with Crippen molar-refractivity contribution in [3.8, 4) is 11.8 Å². The van der Waals surface area contributed by atoms with E-state index in [1.54, 1.807) is 6.07 Å². The number of hydrogen-bond acceptors (Lipinski definition) is 3. The van der Waals surface area contributed by atoms with Crippen LogP contribution in [0, 0.1) is 22.6 Å². The van der Waals surface area contributed by atoms with Gasteiger partial charge in [-0.3, -0.25) is 0 Å². The van der Waals surface area contributed by atoms with Crippen molar-refractivity contribution in [3.63, 3.8) is 0 Å². The fourth-order valence-corrected chi connectivity index (χ4v) is 2.37. The average Bonchev–Trinajstić information content (AvgIpc) is 2.31. The van der Waals surface area contributed by atoms with E-state index in [0.717, 1.165) is 5.56 Å². The highest BCUT2D eigenvalue weighted by molar-refractivity contribution is 5.38. The zero-order valence-corrected chi connectivity index (χ0v) is 11.5. The third-order valence-electron chi connectivity index (χ3n) is 3.96. The highest BCUT2D eigenvalue weighted by Crippen LogP contribution is 2.47. The van der Waals surface area contributed by atoms with Crippen LogP contribution in [0.3, 0.4) is 0 Å². The van der Waals surface area contributed by atoms with E-state index >= 15 is 0 Å². The van der Waals surface area contributed by atoms with Crippen molar-refractivity contribution in [1.29, 1.82) is 5.26 Å². The minimum atomic E-state index is -0.606. The fraction of sp³-hybridized carbons (Fsp3) is 0.533. The molecule has 2 rings (SSSR count). The van der Waals surface area contributed by atoms with Crippen LogP contribution in [0.15, 0.2) is 18.2 Å². The summed E-state index contributed by atoms with van der Waals surface area (Å²) in [6.45, 7) is 6.86. The topological polar surface area (TPSA) is 42.2 Å². The van der Waals surface area contributed by atoms with Crippen LogP contribution >= 0.6 is 0 Å². The van der Waals surface area contributed by atoms with Gasteiger partial charge >= 0.3 is 0 Å². The Morgan fingerprint density at radius 1 is 1.47 bits per heavy atom. The Labute approximate surface area is 112 Å². The standard InChI is InChI=1S/C15H18FNO2/c1-4-19-13-6-5-11(7-12(13)16)15(9-18-10-15)14(2,3)8-17/h5-7H,4,9-10H2,1-3H3. The molecule has 0 atom stereocenters. The molecule has 0 aliphatic carbocycles. The van der Waals surface area contributed by atoms with E-state index in [0.29, 0.717) is 19.8 Å². The van der Waals surface area contributed by atoms with Gasteiger partial charge in [-0.05, 0) is 38.5 Å². The first kappa shape index (κ1) is 13.8. The van der Waals surface area contributed by atoms with E-state index in [1.807, 2.05) is 26.8 Å². The van der Waals surface area contributed by atoms with E-state index in [1.165, 1.54) is 6.07 Å². The van der Waals surface area contributed by atoms with Gasteiger partial charge < -0.3 is 9.47 Å². The minimum absolute atomic E-state index is 0.247. The van der Waals surface area contributed by atoms with Gasteiger partial charge in [-0.2, -0.15) is 5.26 Å². The van der Waals surface area contributed by atoms with Gasteiger partial charge in [0.15, 0.2) is 11.6 Å². The van der Waals surface area contributed by atoms with Crippen molar-refractivity contribution >= 4 is 0 Å². The predicted molar refractivity (Wildman–Crippen MR) is 69.5 cm³/mol. The maximum Gasteiger partial charge on any atom is 0.165 e. The van der Waals surface area contributed by atoms with Crippen LogP contribution in [-0.4, -0.2) is 19.8 Å². The second-order valence-electron chi connectivity index (χ2n) is 5.39. The van der Waals surface area contributed by atoms with E-state index in [4.69, 9.17) is 9.47 Å². The van der Waals surface area contributed by atoms with Crippen LogP contribution in [0.1, 0.15) is 26.3 Å². The molecule has 1 fully saturated rings. The molecule has 0 spiro atoms. The number of ether oxygens (including phenoxy) is 2. The molecule has 3 nitrogen and oxygen atoms in total. The second-order valence-corrected chi connectivity index (χ2v) is 5.39. The van der Waals surface area contributed by atoms with Gasteiger partial charge in [-0.15, -0.1) is 0 Å². The largest absolute Gasteiger partial charge is 0.491 e. The molecule has 102 valence electrons. The molecule has 1 aromatic rings. The maximum atomic E-state index is 14.0. The Morgan fingerprint density at radius 3 is 2.58 bits per heavy atom. The van der Waals surface area contributed by atoms with Gasteiger partial charge in [0.2, 0.25) is 0 Å². The van der Waals surface area contributed by atoms with Crippen molar-refractivity contribution in [2.75, 3.05) is 19.8 Å². The summed E-state index contributed by atoms with van der Waals surface area (Å²) in [7, 11) is 0. The number of nitriles is 1. The molecule has 1 saturated heterocycles. The van der Waals surface area contributed by atoms with Crippen molar-refractivity contribution < 1.29 is 13.9 Å². The van der Waals surface area contributed by atoms with Crippen LogP contribution in [0.2, 0.25) is 0 Å². The zero-order valence-electron chi connectivity index (χ0n) is 11.5. The van der Waals surface area contributed by atoms with E-state index in [9.17, 15) is 9.65 Å². The van der Waals surface area contributed by atoms with Crippen molar-refractivity contribution in [2.24, 2.45) is 5.41 Å². The van der Waals surface area contributed by atoms with E-state index in [-0.39, 0.29) is 11.6 Å². The third-order valence-corrected chi connectivity index (χ3v) is 3.96. The lowest BCUT2D eigenvalue weighted by atomic mass is 9.61. The lowest BCUT2D eigenvalue weighted by Gasteiger charge is -2.49. The van der Waals surface area contributed by atoms with Crippen LogP contribution in [0.4, 0.5) is 4.39 Å². The second kappa shape index (κ2) is 4.82. The monoisotopic (exact) mass is 263 g/mol. The molecule has 4 heteroatoms. The number of nitrogens with zero attached hydrogens (tertiary/aromatic N) is 1. The first-order chi connectivity index (χ1) is 8.97. The Hall–Kier alpha value is -1.60. The summed E-state index contributed by atoms with van der Waals surface area (Å²) >= 11 is 0. The summed E-state index contributed by atoms with van der Waals surface area (Å²) in [6, 6.07) is 7.23. The smallest absolute Gasteiger partial charge is 0.165 e. The fourth-order valence-electron chi connectivity index (χ4n) is 2.37. The van der Waals surface area contributed by atoms with Gasteiger partial charge in [0.25, 0.3) is 0 Å². The summed E-state index contributed by atoms with van der Waals surface area (Å²) in [6.07, 6.45) is 0. The van der Waals surface area contributed by atoms with E-state index < -0.39 is 10.8 Å². The SMILES string of the molecule is CCOc1ccc(C2(C(C)(C)C#N)COC2)cc1F. The molecule has 0 N–H and O–H groups in total. The highest BCUT2D eigenvalue weighted by atomic mass is 19.1. The molecule has 1 aliphatic heterocycles. The van der Waals surface area contributed by atoms with Crippen LogP contribution in [0.5, 0.6) is 5.75 Å². The Bertz CT molecular complexity index is 515. The van der Waals surface area contributed by atoms with Crippen molar-refractivity contribution in [3.05, 3.63) is 29.6 Å². The summed E-state index contributed by atoms with van der Waals surface area (Å²) in [5.41, 5.74) is -0.246. The molecule has 0 radical (unpaired) electrons. The number of hydrogen-bond donors (Lipinski definition) is 0. The van der Waals surface area contributed by atoms with Gasteiger partial charge in [-0.25, -0.2) is 4.39 Å². The normalized spacial score (nSPS) is 17.4. The first-order valence-electron chi connectivity index (χ1n) is 6.38. The molecule has 0 saturated carbocycles. The minimum Gasteiger partial charge on any atom is -0.491 e. The van der Waals surface area contributed by atoms with Crippen LogP contribution in [0.25, 0.3) is 0 Å². The first-order valence-corrected chi connectivity index (χ1v) is 6.38. The molecule has 19 heavy (non-hydrogen) atoms. The lowest BCUT2D eigenvalue weighted by Crippen LogP contribution is -2.56. The van der Waals surface area contributed by atoms with Gasteiger partial charge in [0.1, 0.15) is 0 Å². The Balaban J connectivity index is 2.41. The molecule has 0 amide bonds. The summed E-state index contributed by atoms with van der Waals surface area (Å²) in [4.78, 5) is 0. The Morgan fingerprint density at radius 2 is 2.16 bits per heavy atom. The molecular formula is C15H18FNO2. The zero-order chi connectivity index (χ0) is 14.1. The summed E-state index contributed by atoms with van der Waals surface area (Å²) in [5.74, 6) is -0.143. The average molecular weight is 263 g/mol. The van der Waals surface area contributed by atoms with Crippen molar-refractivity contribution in [1.82, 2.24) is 0 Å². The summed E-state index contributed by atoms with van der Waals surface area (Å²) < 4.78 is 24.5. The van der Waals surface area contributed by atoms with E-state index in [2.05, 4.69) is 6.07 Å². The number of halogens is 1. The molecular weight excluding hydrogens is 245 g/mol. The molecule has 0 aromatic heterocycles. The molecule has 1 aliphatic rings. The number of benzene rings is 1. The predicted octanol–water partition coefficient (Wildman–Crippen LogP) is 3.04. The summed E-state index contributed by atoms with van der Waals surface area (Å²) in [5, 5.41) is 9.34. The lowest BCUT2D eigenvalue weighted by molar-refractivity contribution is -0.103. The van der Waals surface area contributed by atoms with Crippen LogP contribution in [-0.2, 0) is 10.2 Å². The number of rotatable bonds is 4. The molecule has 0 unspecified atom stereocenters. The van der Waals surface area contributed by atoms with Crippen molar-refractivity contribution in [2.45, 2.75) is 26.2 Å². The highest BCUT2D eigenvalue weighted by Gasteiger charge is 2.52. The van der Waals surface area contributed by atoms with Crippen LogP contribution < -0.4 is 4.74 Å². The third kappa shape index (κ3) is 2.08. The van der Waals surface area contributed by atoms with Gasteiger partial charge in [-0.1, -0.05) is 6.07 Å². The molecule has 0 bridgehead atoms. The Kier molecular flexibility index (Phi) is 3.51. The quantitative estimate of drug-likeness (QED) is 0.838. The van der Waals surface area contributed by atoms with Gasteiger partial charge in [0.05, 0.1) is 36.7 Å². The molecule has 1 heterocycles. The maximum absolute atomic E-state index is 14.0. The van der Waals surface area contributed by atoms with Gasteiger partial charge in [0, 0.05) is 0 Å². The molecule has 1 aromatic carbocycles.